The van der Waals surface area contributed by atoms with Crippen molar-refractivity contribution < 1.29 is 15.3 Å². The second kappa shape index (κ2) is 14.6. The Balaban J connectivity index is -0.000000226. The quantitative estimate of drug-likeness (QED) is 0.449. The number of hydrogen-bond acceptors (Lipinski definition) is 4. The van der Waals surface area contributed by atoms with Gasteiger partial charge in [0.05, 0.1) is 11.4 Å². The van der Waals surface area contributed by atoms with E-state index in [0.717, 1.165) is 11.4 Å². The van der Waals surface area contributed by atoms with Crippen molar-refractivity contribution in [3.05, 3.63) is 60.7 Å². The van der Waals surface area contributed by atoms with Crippen LogP contribution in [0.25, 0.3) is 0 Å². The van der Waals surface area contributed by atoms with E-state index in [0.29, 0.717) is 0 Å². The van der Waals surface area contributed by atoms with Gasteiger partial charge < -0.3 is 0 Å². The fourth-order valence-corrected chi connectivity index (χ4v) is 1.56. The molecule has 0 atom stereocenters. The van der Waals surface area contributed by atoms with Gasteiger partial charge in [0.2, 0.25) is 11.8 Å². The molecular weight excluding hydrogens is 316 g/mol. The summed E-state index contributed by atoms with van der Waals surface area (Å²) in [6.45, 7) is 8.00. The highest BCUT2D eigenvalue weighted by Gasteiger charge is 2.08. The maximum Gasteiger partial charge on any atom is 0.247 e. The zero-order chi connectivity index (χ0) is 18.9. The van der Waals surface area contributed by atoms with Crippen molar-refractivity contribution >= 4 is 23.2 Å². The second-order valence-electron chi connectivity index (χ2n) is 4.26. The first-order chi connectivity index (χ1) is 12.2. The average molecular weight is 353 g/mol. The van der Waals surface area contributed by atoms with Gasteiger partial charge >= 0.3 is 0 Å². The smallest absolute Gasteiger partial charge is 0.247 e. The number of nitrogens with one attached hydrogen (secondary N) is 4. The summed E-state index contributed by atoms with van der Waals surface area (Å²) in [5.41, 5.74) is 11.8. The number of benzene rings is 2. The van der Waals surface area contributed by atoms with Gasteiger partial charge in [0, 0.05) is 5.71 Å². The van der Waals surface area contributed by atoms with Crippen LogP contribution in [-0.2, 0) is 9.59 Å². The predicted molar refractivity (Wildman–Crippen MR) is 112 cm³/mol. The average Bonchev–Trinajstić information content (AvgIpc) is 2.69. The summed E-state index contributed by atoms with van der Waals surface area (Å²) in [5.74, 6) is -0.850. The maximum atomic E-state index is 11.6. The molecule has 2 amide bonds. The minimum Gasteiger partial charge on any atom is -0.299 e. The molecule has 2 aromatic rings. The van der Waals surface area contributed by atoms with Crippen molar-refractivity contribution in [2.24, 2.45) is 0 Å². The van der Waals surface area contributed by atoms with Crippen LogP contribution in [0.4, 0.5) is 11.4 Å². The van der Waals surface area contributed by atoms with Crippen LogP contribution >= 0.6 is 0 Å². The lowest BCUT2D eigenvalue weighted by Gasteiger charge is -2.10. The Morgan fingerprint density at radius 2 is 1.00 bits per heavy atom. The van der Waals surface area contributed by atoms with Gasteiger partial charge in [-0.25, -0.2) is 0 Å². The van der Waals surface area contributed by atoms with Gasteiger partial charge in [-0.1, -0.05) is 64.1 Å². The normalized spacial score (nSPS) is 8.48. The van der Waals surface area contributed by atoms with E-state index in [9.17, 15) is 9.59 Å². The van der Waals surface area contributed by atoms with Crippen LogP contribution in [0.15, 0.2) is 60.7 Å². The molecule has 6 nitrogen and oxygen atoms in total. The summed E-state index contributed by atoms with van der Waals surface area (Å²) < 4.78 is 0. The highest BCUT2D eigenvalue weighted by Crippen LogP contribution is 2.03. The third-order valence-electron chi connectivity index (χ3n) is 2.56. The van der Waals surface area contributed by atoms with E-state index in [1.54, 1.807) is 24.3 Å². The number of hydrazine groups is 2. The topological polar surface area (TPSA) is 82.3 Å². The number of para-hydroxylation sites is 2. The minimum absolute atomic E-state index is 0. The first kappa shape index (κ1) is 22.0. The lowest BCUT2D eigenvalue weighted by atomic mass is 10.3. The van der Waals surface area contributed by atoms with Gasteiger partial charge in [0.1, 0.15) is 6.42 Å². The Labute approximate surface area is 155 Å². The molecule has 0 bridgehead atoms. The largest absolute Gasteiger partial charge is 0.299 e. The monoisotopic (exact) mass is 352 g/mol. The van der Waals surface area contributed by atoms with Crippen LogP contribution in [0.3, 0.4) is 0 Å². The molecule has 25 heavy (non-hydrogen) atoms. The van der Waals surface area contributed by atoms with Gasteiger partial charge in [0.25, 0.3) is 0 Å². The van der Waals surface area contributed by atoms with Crippen molar-refractivity contribution in [3.63, 3.8) is 0 Å². The van der Waals surface area contributed by atoms with Gasteiger partial charge in [-0.2, -0.15) is 0 Å². The Kier molecular flexibility index (Phi) is 12.8. The lowest BCUT2D eigenvalue weighted by molar-refractivity contribution is -0.128. The maximum absolute atomic E-state index is 11.6. The fraction of sp³-hybridized carbons (Fsp3) is 0.263. The minimum atomic E-state index is -0.425. The highest BCUT2D eigenvalue weighted by atomic mass is 16.2. The molecule has 0 spiro atoms. The standard InChI is InChI=1S/C15H16N4O2.2C2H6.4H2/c20-14(18-16-12-7-3-1-4-8-12)11-15(21)19-17-13-9-5-2-6-10-13;2*1-2;;;;/h1-10,16-17H,11H2,(H,18,20)(H,19,21);2*1-2H3;4*1H. The van der Waals surface area contributed by atoms with Crippen molar-refractivity contribution in [1.29, 1.82) is 0 Å². The molecule has 0 aliphatic carbocycles. The number of anilines is 2. The second-order valence-corrected chi connectivity index (χ2v) is 4.26. The Morgan fingerprint density at radius 1 is 0.680 bits per heavy atom. The highest BCUT2D eigenvalue weighted by molar-refractivity contribution is 5.97. The number of amides is 2. The Hall–Kier alpha value is -3.02. The molecule has 0 aliphatic rings. The van der Waals surface area contributed by atoms with E-state index in [-0.39, 0.29) is 12.1 Å². The van der Waals surface area contributed by atoms with Gasteiger partial charge in [-0.05, 0) is 24.3 Å². The summed E-state index contributed by atoms with van der Waals surface area (Å²) in [6, 6.07) is 18.3. The Bertz CT molecular complexity index is 552. The molecule has 0 saturated heterocycles. The molecular formula is C19H36N4O2. The first-order valence-corrected chi connectivity index (χ1v) is 8.44. The van der Waals surface area contributed by atoms with E-state index < -0.39 is 11.8 Å². The molecule has 0 saturated carbocycles. The third-order valence-corrected chi connectivity index (χ3v) is 2.56. The summed E-state index contributed by atoms with van der Waals surface area (Å²) in [6.07, 6.45) is -0.278. The summed E-state index contributed by atoms with van der Waals surface area (Å²) in [5, 5.41) is 0. The van der Waals surface area contributed by atoms with Crippen LogP contribution in [0.1, 0.15) is 39.8 Å². The van der Waals surface area contributed by atoms with Crippen LogP contribution in [0, 0.1) is 0 Å². The molecule has 2 aromatic carbocycles. The molecule has 0 heterocycles. The van der Waals surface area contributed by atoms with E-state index >= 15 is 0 Å². The molecule has 6 heteroatoms. The van der Waals surface area contributed by atoms with Crippen molar-refractivity contribution in [2.45, 2.75) is 34.1 Å². The van der Waals surface area contributed by atoms with Crippen LogP contribution in [-0.4, -0.2) is 11.8 Å². The van der Waals surface area contributed by atoms with Crippen molar-refractivity contribution in [3.8, 4) is 0 Å². The number of rotatable bonds is 6. The first-order valence-electron chi connectivity index (χ1n) is 8.44. The van der Waals surface area contributed by atoms with Gasteiger partial charge in [0.15, 0.2) is 0 Å². The zero-order valence-corrected chi connectivity index (χ0v) is 15.3. The predicted octanol–water partition coefficient (Wildman–Crippen LogP) is 4.70. The van der Waals surface area contributed by atoms with Gasteiger partial charge in [-0.3, -0.25) is 31.3 Å². The molecule has 0 fully saturated rings. The molecule has 0 aromatic heterocycles. The molecule has 144 valence electrons. The SMILES string of the molecule is CC.CC.O=C(CC(=O)NNc1ccccc1)NNc1ccccc1.[HH].[HH].[HH].[HH]. The van der Waals surface area contributed by atoms with E-state index in [1.165, 1.54) is 0 Å². The summed E-state index contributed by atoms with van der Waals surface area (Å²) in [7, 11) is 0. The third kappa shape index (κ3) is 10.4. The number of carbonyl (C=O) groups is 2. The Morgan fingerprint density at radius 3 is 1.32 bits per heavy atom. The fourth-order valence-electron chi connectivity index (χ4n) is 1.56. The van der Waals surface area contributed by atoms with Crippen molar-refractivity contribution in [1.82, 2.24) is 10.9 Å². The van der Waals surface area contributed by atoms with Gasteiger partial charge in [-0.15, -0.1) is 0 Å². The molecule has 0 unspecified atom stereocenters. The number of carbonyl (C=O) groups excluding carboxylic acids is 2. The summed E-state index contributed by atoms with van der Waals surface area (Å²) in [4.78, 5) is 23.2. The lowest BCUT2D eigenvalue weighted by Crippen LogP contribution is -2.36. The van der Waals surface area contributed by atoms with Crippen LogP contribution < -0.4 is 21.7 Å². The van der Waals surface area contributed by atoms with E-state index in [1.807, 2.05) is 64.1 Å². The van der Waals surface area contributed by atoms with Crippen LogP contribution in [0.5, 0.6) is 0 Å². The zero-order valence-electron chi connectivity index (χ0n) is 15.3. The summed E-state index contributed by atoms with van der Waals surface area (Å²) >= 11 is 0. The van der Waals surface area contributed by atoms with Crippen LogP contribution in [0.2, 0.25) is 0 Å². The van der Waals surface area contributed by atoms with E-state index in [4.69, 9.17) is 0 Å². The number of hydrogen-bond donors (Lipinski definition) is 4. The molecule has 2 rings (SSSR count). The molecule has 4 N–H and O–H groups in total. The van der Waals surface area contributed by atoms with E-state index in [2.05, 4.69) is 21.7 Å². The molecule has 0 radical (unpaired) electrons. The molecule has 0 aliphatic heterocycles. The van der Waals surface area contributed by atoms with Crippen molar-refractivity contribution in [2.75, 3.05) is 10.9 Å².